The van der Waals surface area contributed by atoms with Crippen LogP contribution in [0, 0.1) is 6.92 Å². The van der Waals surface area contributed by atoms with Crippen LogP contribution in [0.1, 0.15) is 24.5 Å². The third-order valence-corrected chi connectivity index (χ3v) is 3.47. The molecule has 2 rings (SSSR count). The molecule has 0 atom stereocenters. The van der Waals surface area contributed by atoms with Crippen LogP contribution >= 0.6 is 11.6 Å². The maximum absolute atomic E-state index is 11.8. The molecule has 0 aromatic heterocycles. The van der Waals surface area contributed by atoms with E-state index in [-0.39, 0.29) is 12.5 Å². The summed E-state index contributed by atoms with van der Waals surface area (Å²) in [4.78, 5) is 11.8. The molecule has 4 nitrogen and oxygen atoms in total. The molecule has 1 N–H and O–H groups in total. The SMILES string of the molecule is CC/C(=N\NC(=O)COc1ccc(Cl)cc1)c1ccc(C)cc1. The van der Waals surface area contributed by atoms with Crippen molar-refractivity contribution in [3.8, 4) is 5.75 Å². The van der Waals surface area contributed by atoms with Gasteiger partial charge in [-0.3, -0.25) is 4.79 Å². The van der Waals surface area contributed by atoms with Crippen LogP contribution in [0.25, 0.3) is 0 Å². The summed E-state index contributed by atoms with van der Waals surface area (Å²) in [6, 6.07) is 14.9. The molecule has 0 unspecified atom stereocenters. The van der Waals surface area contributed by atoms with E-state index in [1.807, 2.05) is 38.1 Å². The third kappa shape index (κ3) is 5.42. The van der Waals surface area contributed by atoms with Gasteiger partial charge in [0.15, 0.2) is 6.61 Å². The normalized spacial score (nSPS) is 11.2. The lowest BCUT2D eigenvalue weighted by Crippen LogP contribution is -2.26. The lowest BCUT2D eigenvalue weighted by molar-refractivity contribution is -0.123. The number of carbonyl (C=O) groups is 1. The molecule has 5 heteroatoms. The molecule has 0 saturated carbocycles. The molecule has 0 aliphatic rings. The molecule has 2 aromatic rings. The van der Waals surface area contributed by atoms with E-state index in [9.17, 15) is 4.79 Å². The van der Waals surface area contributed by atoms with E-state index in [1.54, 1.807) is 24.3 Å². The van der Waals surface area contributed by atoms with E-state index in [0.29, 0.717) is 10.8 Å². The van der Waals surface area contributed by atoms with Gasteiger partial charge in [0.2, 0.25) is 0 Å². The number of amides is 1. The maximum Gasteiger partial charge on any atom is 0.277 e. The summed E-state index contributed by atoms with van der Waals surface area (Å²) >= 11 is 5.79. The summed E-state index contributed by atoms with van der Waals surface area (Å²) in [6.07, 6.45) is 0.724. The fourth-order valence-electron chi connectivity index (χ4n) is 1.94. The van der Waals surface area contributed by atoms with Crippen LogP contribution in [-0.4, -0.2) is 18.2 Å². The minimum Gasteiger partial charge on any atom is -0.484 e. The molecule has 0 aliphatic carbocycles. The summed E-state index contributed by atoms with van der Waals surface area (Å²) < 4.78 is 5.37. The Kier molecular flexibility index (Phi) is 6.18. The molecular weight excluding hydrogens is 312 g/mol. The highest BCUT2D eigenvalue weighted by atomic mass is 35.5. The van der Waals surface area contributed by atoms with Crippen molar-refractivity contribution >= 4 is 23.2 Å². The molecule has 0 saturated heterocycles. The van der Waals surface area contributed by atoms with Crippen molar-refractivity contribution in [3.63, 3.8) is 0 Å². The summed E-state index contributed by atoms with van der Waals surface area (Å²) in [7, 11) is 0. The Balaban J connectivity index is 1.90. The molecule has 2 aromatic carbocycles. The molecule has 0 heterocycles. The highest BCUT2D eigenvalue weighted by Gasteiger charge is 2.05. The first-order valence-corrected chi connectivity index (χ1v) is 7.77. The van der Waals surface area contributed by atoms with Gasteiger partial charge in [0.25, 0.3) is 5.91 Å². The van der Waals surface area contributed by atoms with Crippen LogP contribution in [0.5, 0.6) is 5.75 Å². The van der Waals surface area contributed by atoms with Crippen molar-refractivity contribution < 1.29 is 9.53 Å². The van der Waals surface area contributed by atoms with Gasteiger partial charge in [-0.2, -0.15) is 5.10 Å². The van der Waals surface area contributed by atoms with Crippen molar-refractivity contribution in [1.82, 2.24) is 5.43 Å². The lowest BCUT2D eigenvalue weighted by atomic mass is 10.1. The number of nitrogens with zero attached hydrogens (tertiary/aromatic N) is 1. The Morgan fingerprint density at radius 2 is 1.78 bits per heavy atom. The van der Waals surface area contributed by atoms with Crippen LogP contribution in [0.15, 0.2) is 53.6 Å². The second kappa shape index (κ2) is 8.34. The number of hydrogen-bond acceptors (Lipinski definition) is 3. The Hall–Kier alpha value is -2.33. The minimum atomic E-state index is -0.307. The monoisotopic (exact) mass is 330 g/mol. The molecule has 120 valence electrons. The molecule has 23 heavy (non-hydrogen) atoms. The average Bonchev–Trinajstić information content (AvgIpc) is 2.56. The molecule has 1 amide bonds. The smallest absolute Gasteiger partial charge is 0.277 e. The number of ether oxygens (including phenoxy) is 1. The second-order valence-electron chi connectivity index (χ2n) is 5.06. The van der Waals surface area contributed by atoms with Crippen molar-refractivity contribution in [2.45, 2.75) is 20.3 Å². The summed E-state index contributed by atoms with van der Waals surface area (Å²) in [5.74, 6) is 0.279. The van der Waals surface area contributed by atoms with E-state index in [4.69, 9.17) is 16.3 Å². The minimum absolute atomic E-state index is 0.101. The molecule has 0 bridgehead atoms. The van der Waals surface area contributed by atoms with Gasteiger partial charge in [-0.15, -0.1) is 0 Å². The van der Waals surface area contributed by atoms with E-state index in [1.165, 1.54) is 5.56 Å². The van der Waals surface area contributed by atoms with Crippen molar-refractivity contribution in [1.29, 1.82) is 0 Å². The molecule has 0 aliphatic heterocycles. The second-order valence-corrected chi connectivity index (χ2v) is 5.49. The average molecular weight is 331 g/mol. The molecule has 0 fully saturated rings. The van der Waals surface area contributed by atoms with Crippen LogP contribution in [0.4, 0.5) is 0 Å². The van der Waals surface area contributed by atoms with Gasteiger partial charge in [0.1, 0.15) is 5.75 Å². The fraction of sp³-hybridized carbons (Fsp3) is 0.222. The van der Waals surface area contributed by atoms with Gasteiger partial charge in [0.05, 0.1) is 5.71 Å². The number of benzene rings is 2. The van der Waals surface area contributed by atoms with E-state index >= 15 is 0 Å². The van der Waals surface area contributed by atoms with Crippen molar-refractivity contribution in [3.05, 3.63) is 64.7 Å². The number of hydrogen-bond donors (Lipinski definition) is 1. The third-order valence-electron chi connectivity index (χ3n) is 3.22. The zero-order chi connectivity index (χ0) is 16.7. The molecule has 0 spiro atoms. The Labute approximate surface area is 141 Å². The van der Waals surface area contributed by atoms with E-state index in [2.05, 4.69) is 10.5 Å². The standard InChI is InChI=1S/C18H19ClN2O2/c1-3-17(14-6-4-13(2)5-7-14)20-21-18(22)12-23-16-10-8-15(19)9-11-16/h4-11H,3,12H2,1-2H3,(H,21,22)/b20-17+. The van der Waals surface area contributed by atoms with Crippen LogP contribution in [-0.2, 0) is 4.79 Å². The number of carbonyl (C=O) groups excluding carboxylic acids is 1. The van der Waals surface area contributed by atoms with Crippen molar-refractivity contribution in [2.24, 2.45) is 5.10 Å². The van der Waals surface area contributed by atoms with Crippen LogP contribution < -0.4 is 10.2 Å². The Bertz CT molecular complexity index is 679. The van der Waals surface area contributed by atoms with Crippen LogP contribution in [0.2, 0.25) is 5.02 Å². The zero-order valence-corrected chi connectivity index (χ0v) is 13.9. The van der Waals surface area contributed by atoms with Gasteiger partial charge in [-0.25, -0.2) is 5.43 Å². The fourth-order valence-corrected chi connectivity index (χ4v) is 2.06. The number of rotatable bonds is 6. The van der Waals surface area contributed by atoms with Gasteiger partial charge in [-0.1, -0.05) is 48.4 Å². The number of halogens is 1. The summed E-state index contributed by atoms with van der Waals surface area (Å²) in [6.45, 7) is 3.92. The highest BCUT2D eigenvalue weighted by molar-refractivity contribution is 6.30. The van der Waals surface area contributed by atoms with Gasteiger partial charge >= 0.3 is 0 Å². The van der Waals surface area contributed by atoms with Gasteiger partial charge in [0, 0.05) is 5.02 Å². The predicted molar refractivity (Wildman–Crippen MR) is 93.1 cm³/mol. The largest absolute Gasteiger partial charge is 0.484 e. The Morgan fingerprint density at radius 1 is 1.13 bits per heavy atom. The first kappa shape index (κ1) is 17.0. The number of hydrazone groups is 1. The lowest BCUT2D eigenvalue weighted by Gasteiger charge is -2.07. The molecular formula is C18H19ClN2O2. The predicted octanol–water partition coefficient (Wildman–Crippen LogP) is 3.96. The van der Waals surface area contributed by atoms with E-state index < -0.39 is 0 Å². The van der Waals surface area contributed by atoms with Gasteiger partial charge < -0.3 is 4.74 Å². The molecule has 0 radical (unpaired) electrons. The van der Waals surface area contributed by atoms with Crippen LogP contribution in [0.3, 0.4) is 0 Å². The zero-order valence-electron chi connectivity index (χ0n) is 13.2. The first-order valence-electron chi connectivity index (χ1n) is 7.39. The quantitative estimate of drug-likeness (QED) is 0.644. The number of aryl methyl sites for hydroxylation is 1. The van der Waals surface area contributed by atoms with E-state index in [0.717, 1.165) is 17.7 Å². The van der Waals surface area contributed by atoms with Crippen molar-refractivity contribution in [2.75, 3.05) is 6.61 Å². The maximum atomic E-state index is 11.8. The van der Waals surface area contributed by atoms with Gasteiger partial charge in [-0.05, 0) is 43.2 Å². The summed E-state index contributed by atoms with van der Waals surface area (Å²) in [5, 5.41) is 4.81. The topological polar surface area (TPSA) is 50.7 Å². The first-order chi connectivity index (χ1) is 11.1. The highest BCUT2D eigenvalue weighted by Crippen LogP contribution is 2.15. The summed E-state index contributed by atoms with van der Waals surface area (Å²) in [5.41, 5.74) is 5.53. The number of nitrogens with one attached hydrogen (secondary N) is 1. The Morgan fingerprint density at radius 3 is 2.39 bits per heavy atom.